The molecule has 1 heterocycles. The van der Waals surface area contributed by atoms with Crippen LogP contribution < -0.4 is 5.32 Å². The van der Waals surface area contributed by atoms with Gasteiger partial charge in [-0.1, -0.05) is 12.1 Å². The zero-order valence-corrected chi connectivity index (χ0v) is 12.6. The Balaban J connectivity index is 1.90. The Morgan fingerprint density at radius 3 is 2.64 bits per heavy atom. The van der Waals surface area contributed by atoms with Crippen molar-refractivity contribution in [2.75, 3.05) is 20.6 Å². The summed E-state index contributed by atoms with van der Waals surface area (Å²) >= 11 is 0. The highest BCUT2D eigenvalue weighted by atomic mass is 19.1. The van der Waals surface area contributed by atoms with Crippen LogP contribution in [0.4, 0.5) is 4.39 Å². The molecule has 1 aromatic carbocycles. The van der Waals surface area contributed by atoms with Crippen LogP contribution in [0, 0.1) is 5.82 Å². The molecule has 1 unspecified atom stereocenters. The van der Waals surface area contributed by atoms with E-state index in [-0.39, 0.29) is 17.8 Å². The first kappa shape index (κ1) is 16.0. The Labute approximate surface area is 129 Å². The normalized spacial score (nSPS) is 12.7. The standard InChI is InChI=1S/C17H19FN2O2/c1-20(2)15(16-4-3-11-22-16)12-19-17(21)10-7-13-5-8-14(18)9-6-13/h3-11,15H,12H2,1-2H3,(H,19,21). The second-order valence-corrected chi connectivity index (χ2v) is 5.12. The lowest BCUT2D eigenvalue weighted by atomic mass is 10.2. The van der Waals surface area contributed by atoms with Crippen molar-refractivity contribution >= 4 is 12.0 Å². The SMILES string of the molecule is CN(C)C(CNC(=O)C=Cc1ccc(F)cc1)c1ccco1. The number of likely N-dealkylation sites (N-methyl/N-ethyl adjacent to an activating group) is 1. The van der Waals surface area contributed by atoms with Gasteiger partial charge in [0.1, 0.15) is 11.6 Å². The first-order chi connectivity index (χ1) is 10.6. The Morgan fingerprint density at radius 2 is 2.05 bits per heavy atom. The van der Waals surface area contributed by atoms with Gasteiger partial charge in [0, 0.05) is 12.6 Å². The van der Waals surface area contributed by atoms with Crippen molar-refractivity contribution in [2.45, 2.75) is 6.04 Å². The van der Waals surface area contributed by atoms with E-state index in [0.29, 0.717) is 6.54 Å². The van der Waals surface area contributed by atoms with Crippen LogP contribution in [0.1, 0.15) is 17.4 Å². The lowest BCUT2D eigenvalue weighted by Gasteiger charge is -2.22. The summed E-state index contributed by atoms with van der Waals surface area (Å²) < 4.78 is 18.2. The van der Waals surface area contributed by atoms with Gasteiger partial charge in [0.15, 0.2) is 0 Å². The molecular weight excluding hydrogens is 283 g/mol. The van der Waals surface area contributed by atoms with Crippen molar-refractivity contribution in [3.8, 4) is 0 Å². The third-order valence-corrected chi connectivity index (χ3v) is 3.26. The molecule has 5 heteroatoms. The lowest BCUT2D eigenvalue weighted by molar-refractivity contribution is -0.116. The average molecular weight is 302 g/mol. The van der Waals surface area contributed by atoms with Crippen molar-refractivity contribution in [3.05, 3.63) is 65.9 Å². The zero-order chi connectivity index (χ0) is 15.9. The molecule has 0 aliphatic carbocycles. The number of nitrogens with zero attached hydrogens (tertiary/aromatic N) is 1. The summed E-state index contributed by atoms with van der Waals surface area (Å²) in [6.07, 6.45) is 4.69. The predicted octanol–water partition coefficient (Wildman–Crippen LogP) is 2.85. The van der Waals surface area contributed by atoms with Gasteiger partial charge in [-0.15, -0.1) is 0 Å². The molecule has 0 saturated carbocycles. The molecule has 1 N–H and O–H groups in total. The summed E-state index contributed by atoms with van der Waals surface area (Å²) in [7, 11) is 3.85. The van der Waals surface area contributed by atoms with Crippen molar-refractivity contribution in [1.82, 2.24) is 10.2 Å². The van der Waals surface area contributed by atoms with Crippen LogP contribution in [0.3, 0.4) is 0 Å². The number of amides is 1. The Hall–Kier alpha value is -2.40. The van der Waals surface area contributed by atoms with Crippen LogP contribution in [-0.2, 0) is 4.79 Å². The second kappa shape index (κ2) is 7.56. The van der Waals surface area contributed by atoms with E-state index < -0.39 is 0 Å². The third-order valence-electron chi connectivity index (χ3n) is 3.26. The summed E-state index contributed by atoms with van der Waals surface area (Å²) in [6.45, 7) is 0.438. The van der Waals surface area contributed by atoms with E-state index in [1.165, 1.54) is 18.2 Å². The number of carbonyl (C=O) groups is 1. The van der Waals surface area contributed by atoms with Gasteiger partial charge >= 0.3 is 0 Å². The molecule has 0 saturated heterocycles. The van der Waals surface area contributed by atoms with E-state index in [4.69, 9.17) is 4.42 Å². The van der Waals surface area contributed by atoms with Crippen molar-refractivity contribution in [2.24, 2.45) is 0 Å². The molecule has 22 heavy (non-hydrogen) atoms. The van der Waals surface area contributed by atoms with E-state index in [0.717, 1.165) is 11.3 Å². The first-order valence-corrected chi connectivity index (χ1v) is 6.97. The molecule has 1 amide bonds. The predicted molar refractivity (Wildman–Crippen MR) is 83.6 cm³/mol. The van der Waals surface area contributed by atoms with Gasteiger partial charge in [-0.05, 0) is 50.0 Å². The molecule has 1 aromatic heterocycles. The van der Waals surface area contributed by atoms with Crippen LogP contribution in [0.5, 0.6) is 0 Å². The largest absolute Gasteiger partial charge is 0.468 e. The molecular formula is C17H19FN2O2. The van der Waals surface area contributed by atoms with Gasteiger partial charge in [0.25, 0.3) is 0 Å². The van der Waals surface area contributed by atoms with Crippen molar-refractivity contribution < 1.29 is 13.6 Å². The number of rotatable bonds is 6. The lowest BCUT2D eigenvalue weighted by Crippen LogP contribution is -2.33. The summed E-state index contributed by atoms with van der Waals surface area (Å²) in [5.41, 5.74) is 0.770. The first-order valence-electron chi connectivity index (χ1n) is 6.97. The average Bonchev–Trinajstić information content (AvgIpc) is 3.00. The maximum absolute atomic E-state index is 12.8. The van der Waals surface area contributed by atoms with Gasteiger partial charge in [-0.25, -0.2) is 4.39 Å². The molecule has 2 rings (SSSR count). The molecule has 0 aliphatic rings. The van der Waals surface area contributed by atoms with Gasteiger partial charge in [-0.2, -0.15) is 0 Å². The number of nitrogens with one attached hydrogen (secondary N) is 1. The van der Waals surface area contributed by atoms with Crippen LogP contribution in [0.2, 0.25) is 0 Å². The number of carbonyl (C=O) groups excluding carboxylic acids is 1. The molecule has 0 bridgehead atoms. The van der Waals surface area contributed by atoms with E-state index in [2.05, 4.69) is 5.32 Å². The molecule has 116 valence electrons. The smallest absolute Gasteiger partial charge is 0.244 e. The molecule has 0 aliphatic heterocycles. The number of halogens is 1. The fourth-order valence-electron chi connectivity index (χ4n) is 2.02. The van der Waals surface area contributed by atoms with Gasteiger partial charge in [0.05, 0.1) is 12.3 Å². The monoisotopic (exact) mass is 302 g/mol. The van der Waals surface area contributed by atoms with Gasteiger partial charge < -0.3 is 9.73 Å². The fraction of sp³-hybridized carbons (Fsp3) is 0.235. The second-order valence-electron chi connectivity index (χ2n) is 5.12. The summed E-state index contributed by atoms with van der Waals surface area (Å²) in [5.74, 6) is 0.296. The molecule has 1 atom stereocenters. The van der Waals surface area contributed by atoms with Crippen molar-refractivity contribution in [1.29, 1.82) is 0 Å². The van der Waals surface area contributed by atoms with Crippen LogP contribution >= 0.6 is 0 Å². The van der Waals surface area contributed by atoms with Crippen LogP contribution in [0.25, 0.3) is 6.08 Å². The summed E-state index contributed by atoms with van der Waals surface area (Å²) in [5, 5.41) is 2.83. The Morgan fingerprint density at radius 1 is 1.32 bits per heavy atom. The quantitative estimate of drug-likeness (QED) is 0.835. The number of hydrogen-bond acceptors (Lipinski definition) is 3. The molecule has 0 fully saturated rings. The van der Waals surface area contributed by atoms with Gasteiger partial charge in [0.2, 0.25) is 5.91 Å². The van der Waals surface area contributed by atoms with Crippen LogP contribution in [0.15, 0.2) is 53.2 Å². The summed E-state index contributed by atoms with van der Waals surface area (Å²) in [4.78, 5) is 13.8. The van der Waals surface area contributed by atoms with E-state index in [9.17, 15) is 9.18 Å². The van der Waals surface area contributed by atoms with Crippen LogP contribution in [-0.4, -0.2) is 31.4 Å². The van der Waals surface area contributed by atoms with E-state index in [1.54, 1.807) is 24.5 Å². The number of hydrogen-bond donors (Lipinski definition) is 1. The zero-order valence-electron chi connectivity index (χ0n) is 12.6. The Kier molecular flexibility index (Phi) is 5.49. The summed E-state index contributed by atoms with van der Waals surface area (Å²) in [6, 6.07) is 9.62. The van der Waals surface area contributed by atoms with E-state index in [1.807, 2.05) is 31.1 Å². The van der Waals surface area contributed by atoms with E-state index >= 15 is 0 Å². The molecule has 4 nitrogen and oxygen atoms in total. The minimum absolute atomic E-state index is 0.0295. The Bertz CT molecular complexity index is 619. The maximum Gasteiger partial charge on any atom is 0.244 e. The highest BCUT2D eigenvalue weighted by Gasteiger charge is 2.17. The number of furan rings is 1. The maximum atomic E-state index is 12.8. The molecule has 0 spiro atoms. The minimum Gasteiger partial charge on any atom is -0.468 e. The highest BCUT2D eigenvalue weighted by molar-refractivity contribution is 5.91. The van der Waals surface area contributed by atoms with Gasteiger partial charge in [-0.3, -0.25) is 9.69 Å². The highest BCUT2D eigenvalue weighted by Crippen LogP contribution is 2.17. The van der Waals surface area contributed by atoms with Crippen molar-refractivity contribution in [3.63, 3.8) is 0 Å². The number of benzene rings is 1. The topological polar surface area (TPSA) is 45.5 Å². The third kappa shape index (κ3) is 4.56. The molecule has 0 radical (unpaired) electrons. The minimum atomic E-state index is -0.297. The fourth-order valence-corrected chi connectivity index (χ4v) is 2.02. The molecule has 2 aromatic rings.